The zero-order valence-electron chi connectivity index (χ0n) is 15.3. The smallest absolute Gasteiger partial charge is 0.191 e. The van der Waals surface area contributed by atoms with Crippen molar-refractivity contribution in [3.63, 3.8) is 0 Å². The largest absolute Gasteiger partial charge is 0.356 e. The minimum atomic E-state index is 0. The van der Waals surface area contributed by atoms with Crippen molar-refractivity contribution in [2.45, 2.75) is 44.6 Å². The second-order valence-corrected chi connectivity index (χ2v) is 6.82. The first-order chi connectivity index (χ1) is 11.7. The molecule has 1 aliphatic rings. The predicted molar refractivity (Wildman–Crippen MR) is 117 cm³/mol. The number of hydrogen-bond acceptors (Lipinski definition) is 3. The van der Waals surface area contributed by atoms with Crippen molar-refractivity contribution < 1.29 is 0 Å². The summed E-state index contributed by atoms with van der Waals surface area (Å²) in [5, 5.41) is 7.27. The zero-order chi connectivity index (χ0) is 17.2. The monoisotopic (exact) mass is 479 g/mol. The van der Waals surface area contributed by atoms with Crippen LogP contribution in [0.5, 0.6) is 0 Å². The SMILES string of the molecule is CN=C(NCCc1ccc(Cl)nc1)NCCN(C)C1CCCCC1.I. The molecule has 2 N–H and O–H groups in total. The van der Waals surface area contributed by atoms with E-state index in [-0.39, 0.29) is 24.0 Å². The minimum Gasteiger partial charge on any atom is -0.356 e. The fourth-order valence-electron chi connectivity index (χ4n) is 3.16. The molecule has 0 amide bonds. The van der Waals surface area contributed by atoms with Crippen molar-refractivity contribution in [1.29, 1.82) is 0 Å². The second kappa shape index (κ2) is 12.7. The molecule has 1 heterocycles. The molecule has 0 spiro atoms. The first-order valence-electron chi connectivity index (χ1n) is 8.94. The van der Waals surface area contributed by atoms with E-state index in [0.717, 1.165) is 38.1 Å². The van der Waals surface area contributed by atoms with Gasteiger partial charge in [0.05, 0.1) is 0 Å². The standard InChI is InChI=1S/C18H30ClN5.HI/c1-20-18(21-11-10-15-8-9-17(19)23-14-15)22-12-13-24(2)16-6-4-3-5-7-16;/h8-9,14,16H,3-7,10-13H2,1-2H3,(H2,20,21,22);1H. The molecule has 0 aliphatic heterocycles. The van der Waals surface area contributed by atoms with Gasteiger partial charge in [0, 0.05) is 38.9 Å². The zero-order valence-corrected chi connectivity index (χ0v) is 18.4. The normalized spacial score (nSPS) is 15.8. The van der Waals surface area contributed by atoms with Gasteiger partial charge in [-0.15, -0.1) is 24.0 Å². The number of halogens is 2. The molecule has 1 aromatic heterocycles. The highest BCUT2D eigenvalue weighted by Gasteiger charge is 2.17. The highest BCUT2D eigenvalue weighted by Crippen LogP contribution is 2.21. The summed E-state index contributed by atoms with van der Waals surface area (Å²) in [7, 11) is 4.05. The van der Waals surface area contributed by atoms with Gasteiger partial charge < -0.3 is 15.5 Å². The number of nitrogens with one attached hydrogen (secondary N) is 2. The van der Waals surface area contributed by atoms with E-state index >= 15 is 0 Å². The Hall–Kier alpha value is -0.600. The summed E-state index contributed by atoms with van der Waals surface area (Å²) in [6, 6.07) is 4.59. The van der Waals surface area contributed by atoms with E-state index < -0.39 is 0 Å². The summed E-state index contributed by atoms with van der Waals surface area (Å²) < 4.78 is 0. The van der Waals surface area contributed by atoms with Crippen molar-refractivity contribution in [3.8, 4) is 0 Å². The summed E-state index contributed by atoms with van der Waals surface area (Å²) in [5.74, 6) is 0.856. The fourth-order valence-corrected chi connectivity index (χ4v) is 3.27. The van der Waals surface area contributed by atoms with Gasteiger partial charge >= 0.3 is 0 Å². The molecule has 1 saturated carbocycles. The molecule has 0 atom stereocenters. The van der Waals surface area contributed by atoms with Gasteiger partial charge in [-0.2, -0.15) is 0 Å². The van der Waals surface area contributed by atoms with Crippen LogP contribution >= 0.6 is 35.6 Å². The number of pyridine rings is 1. The Bertz CT molecular complexity index is 503. The van der Waals surface area contributed by atoms with Crippen LogP contribution in [0.15, 0.2) is 23.3 Å². The minimum absolute atomic E-state index is 0. The summed E-state index contributed by atoms with van der Waals surface area (Å²) >= 11 is 5.80. The van der Waals surface area contributed by atoms with Crippen LogP contribution in [0.3, 0.4) is 0 Å². The van der Waals surface area contributed by atoms with Crippen LogP contribution in [0, 0.1) is 0 Å². The van der Waals surface area contributed by atoms with Crippen molar-refractivity contribution >= 4 is 41.5 Å². The topological polar surface area (TPSA) is 52.6 Å². The lowest BCUT2D eigenvalue weighted by Crippen LogP contribution is -2.43. The van der Waals surface area contributed by atoms with Gasteiger partial charge in [-0.3, -0.25) is 4.99 Å². The van der Waals surface area contributed by atoms with Crippen molar-refractivity contribution in [3.05, 3.63) is 29.0 Å². The number of rotatable bonds is 7. The molecule has 0 saturated heterocycles. The van der Waals surface area contributed by atoms with E-state index in [9.17, 15) is 0 Å². The summed E-state index contributed by atoms with van der Waals surface area (Å²) in [6.07, 6.45) is 9.57. The van der Waals surface area contributed by atoms with Gasteiger partial charge in [0.25, 0.3) is 0 Å². The lowest BCUT2D eigenvalue weighted by atomic mass is 9.94. The van der Waals surface area contributed by atoms with Crippen LogP contribution in [0.1, 0.15) is 37.7 Å². The van der Waals surface area contributed by atoms with Crippen molar-refractivity contribution in [2.24, 2.45) is 4.99 Å². The molecule has 25 heavy (non-hydrogen) atoms. The van der Waals surface area contributed by atoms with E-state index in [1.165, 1.54) is 37.7 Å². The Balaban J connectivity index is 0.00000312. The van der Waals surface area contributed by atoms with Gasteiger partial charge in [0.2, 0.25) is 0 Å². The van der Waals surface area contributed by atoms with Crippen LogP contribution < -0.4 is 10.6 Å². The first kappa shape index (κ1) is 22.4. The molecule has 5 nitrogen and oxygen atoms in total. The average Bonchev–Trinajstić information content (AvgIpc) is 2.62. The summed E-state index contributed by atoms with van der Waals surface area (Å²) in [6.45, 7) is 2.78. The number of likely N-dealkylation sites (N-methyl/N-ethyl adjacent to an activating group) is 1. The van der Waals surface area contributed by atoms with Crippen molar-refractivity contribution in [1.82, 2.24) is 20.5 Å². The third-order valence-electron chi connectivity index (χ3n) is 4.67. The van der Waals surface area contributed by atoms with E-state index in [1.54, 1.807) is 0 Å². The van der Waals surface area contributed by atoms with E-state index in [4.69, 9.17) is 11.6 Å². The van der Waals surface area contributed by atoms with Gasteiger partial charge in [0.15, 0.2) is 5.96 Å². The number of aromatic nitrogens is 1. The number of hydrogen-bond donors (Lipinski definition) is 2. The van der Waals surface area contributed by atoms with Gasteiger partial charge in [0.1, 0.15) is 5.15 Å². The Labute approximate surface area is 174 Å². The predicted octanol–water partition coefficient (Wildman–Crippen LogP) is 3.33. The third-order valence-corrected chi connectivity index (χ3v) is 4.90. The first-order valence-corrected chi connectivity index (χ1v) is 9.32. The molecule has 0 bridgehead atoms. The Morgan fingerprint density at radius 1 is 1.24 bits per heavy atom. The quantitative estimate of drug-likeness (QED) is 0.273. The van der Waals surface area contributed by atoms with Gasteiger partial charge in [-0.25, -0.2) is 4.98 Å². The Morgan fingerprint density at radius 3 is 2.60 bits per heavy atom. The van der Waals surface area contributed by atoms with E-state index in [2.05, 4.69) is 32.6 Å². The van der Waals surface area contributed by atoms with Crippen LogP contribution in [-0.4, -0.2) is 55.6 Å². The van der Waals surface area contributed by atoms with Gasteiger partial charge in [-0.05, 0) is 37.9 Å². The number of guanidine groups is 1. The highest BCUT2D eigenvalue weighted by atomic mass is 127. The molecule has 1 aromatic rings. The van der Waals surface area contributed by atoms with Crippen LogP contribution in [0.4, 0.5) is 0 Å². The molecule has 0 aromatic carbocycles. The summed E-state index contributed by atoms with van der Waals surface area (Å²) in [4.78, 5) is 10.9. The van der Waals surface area contributed by atoms with Crippen LogP contribution in [-0.2, 0) is 6.42 Å². The average molecular weight is 480 g/mol. The molecule has 1 fully saturated rings. The maximum Gasteiger partial charge on any atom is 0.191 e. The molecule has 0 unspecified atom stereocenters. The molecular weight excluding hydrogens is 449 g/mol. The maximum atomic E-state index is 5.80. The van der Waals surface area contributed by atoms with E-state index in [0.29, 0.717) is 5.15 Å². The van der Waals surface area contributed by atoms with Gasteiger partial charge in [-0.1, -0.05) is 36.9 Å². The Morgan fingerprint density at radius 2 is 1.96 bits per heavy atom. The van der Waals surface area contributed by atoms with Crippen molar-refractivity contribution in [2.75, 3.05) is 33.7 Å². The third kappa shape index (κ3) is 8.55. The van der Waals surface area contributed by atoms with Crippen LogP contribution in [0.2, 0.25) is 5.15 Å². The molecule has 1 aliphatic carbocycles. The summed E-state index contributed by atoms with van der Waals surface area (Å²) in [5.41, 5.74) is 1.17. The fraction of sp³-hybridized carbons (Fsp3) is 0.667. The number of aliphatic imine (C=N–C) groups is 1. The Kier molecular flexibility index (Phi) is 11.4. The van der Waals surface area contributed by atoms with Crippen LogP contribution in [0.25, 0.3) is 0 Å². The second-order valence-electron chi connectivity index (χ2n) is 6.44. The molecular formula is C18H31ClIN5. The lowest BCUT2D eigenvalue weighted by Gasteiger charge is -2.31. The maximum absolute atomic E-state index is 5.80. The van der Waals surface area contributed by atoms with E-state index in [1.807, 2.05) is 25.4 Å². The molecule has 142 valence electrons. The highest BCUT2D eigenvalue weighted by molar-refractivity contribution is 14.0. The molecule has 0 radical (unpaired) electrons. The number of nitrogens with zero attached hydrogens (tertiary/aromatic N) is 3. The molecule has 7 heteroatoms. The molecule has 2 rings (SSSR count). The lowest BCUT2D eigenvalue weighted by molar-refractivity contribution is 0.194.